The maximum absolute atomic E-state index is 13.4. The number of benzene rings is 2. The van der Waals surface area contributed by atoms with E-state index in [-0.39, 0.29) is 17.1 Å². The topological polar surface area (TPSA) is 67.1 Å². The summed E-state index contributed by atoms with van der Waals surface area (Å²) in [7, 11) is 0. The van der Waals surface area contributed by atoms with Crippen LogP contribution in [-0.2, 0) is 0 Å². The molecule has 0 radical (unpaired) electrons. The number of halogens is 3. The van der Waals surface area contributed by atoms with Gasteiger partial charge in [-0.05, 0) is 30.3 Å². The molecule has 2 amide bonds. The summed E-state index contributed by atoms with van der Waals surface area (Å²) in [6.07, 6.45) is 0. The van der Waals surface area contributed by atoms with E-state index in [2.05, 4.69) is 10.6 Å². The van der Waals surface area contributed by atoms with E-state index in [1.807, 2.05) is 0 Å². The van der Waals surface area contributed by atoms with Crippen molar-refractivity contribution < 1.29 is 18.0 Å². The van der Waals surface area contributed by atoms with E-state index in [9.17, 15) is 18.0 Å². The van der Waals surface area contributed by atoms with Crippen LogP contribution in [0.2, 0.25) is 0 Å². The van der Waals surface area contributed by atoms with Gasteiger partial charge >= 0.3 is 6.03 Å². The molecule has 2 rings (SSSR count). The molecule has 20 heavy (non-hydrogen) atoms. The molecule has 4 N–H and O–H groups in total. The van der Waals surface area contributed by atoms with Crippen LogP contribution in [0.15, 0.2) is 36.4 Å². The van der Waals surface area contributed by atoms with Gasteiger partial charge in [0, 0.05) is 11.8 Å². The predicted molar refractivity (Wildman–Crippen MR) is 69.8 cm³/mol. The Bertz CT molecular complexity index is 606. The fourth-order valence-electron chi connectivity index (χ4n) is 1.50. The van der Waals surface area contributed by atoms with E-state index < -0.39 is 23.5 Å². The molecule has 7 heteroatoms. The SMILES string of the molecule is Nc1ccc(NC(=O)Nc2ccc(F)cc2F)c(F)c1. The standard InChI is InChI=1S/C13H10F3N3O/c14-7-1-3-11(9(15)5-7)18-13(20)19-12-4-2-8(17)6-10(12)16/h1-6H,17H2,(H2,18,19,20). The van der Waals surface area contributed by atoms with Gasteiger partial charge in [-0.25, -0.2) is 18.0 Å². The summed E-state index contributed by atoms with van der Waals surface area (Å²) < 4.78 is 39.4. The lowest BCUT2D eigenvalue weighted by atomic mass is 10.2. The minimum absolute atomic E-state index is 0.112. The summed E-state index contributed by atoms with van der Waals surface area (Å²) >= 11 is 0. The van der Waals surface area contributed by atoms with Gasteiger partial charge < -0.3 is 16.4 Å². The van der Waals surface area contributed by atoms with Crippen LogP contribution in [0.25, 0.3) is 0 Å². The Morgan fingerprint density at radius 2 is 1.45 bits per heavy atom. The Labute approximate surface area is 112 Å². The van der Waals surface area contributed by atoms with Gasteiger partial charge in [-0.1, -0.05) is 0 Å². The third kappa shape index (κ3) is 3.19. The first-order chi connectivity index (χ1) is 9.45. The van der Waals surface area contributed by atoms with Gasteiger partial charge in [-0.15, -0.1) is 0 Å². The zero-order chi connectivity index (χ0) is 14.7. The van der Waals surface area contributed by atoms with E-state index in [1.54, 1.807) is 0 Å². The first kappa shape index (κ1) is 13.7. The van der Waals surface area contributed by atoms with Crippen molar-refractivity contribution in [2.75, 3.05) is 16.4 Å². The van der Waals surface area contributed by atoms with Crippen molar-refractivity contribution in [3.8, 4) is 0 Å². The Kier molecular flexibility index (Phi) is 3.79. The number of rotatable bonds is 2. The summed E-state index contributed by atoms with van der Waals surface area (Å²) in [6, 6.07) is 5.52. The van der Waals surface area contributed by atoms with Crippen LogP contribution in [0.4, 0.5) is 35.0 Å². The molecule has 0 fully saturated rings. The van der Waals surface area contributed by atoms with Crippen molar-refractivity contribution in [1.29, 1.82) is 0 Å². The minimum Gasteiger partial charge on any atom is -0.399 e. The lowest BCUT2D eigenvalue weighted by molar-refractivity contribution is 0.262. The van der Waals surface area contributed by atoms with Gasteiger partial charge in [0.1, 0.15) is 17.5 Å². The third-order valence-corrected chi connectivity index (χ3v) is 2.42. The highest BCUT2D eigenvalue weighted by molar-refractivity contribution is 5.99. The second-order valence-electron chi connectivity index (χ2n) is 3.94. The second kappa shape index (κ2) is 5.52. The molecule has 0 heterocycles. The quantitative estimate of drug-likeness (QED) is 0.739. The van der Waals surface area contributed by atoms with E-state index in [0.717, 1.165) is 18.2 Å². The molecule has 0 aliphatic heterocycles. The monoisotopic (exact) mass is 281 g/mol. The molecule has 0 aliphatic carbocycles. The van der Waals surface area contributed by atoms with E-state index in [0.29, 0.717) is 6.07 Å². The summed E-state index contributed by atoms with van der Waals surface area (Å²) in [4.78, 5) is 11.6. The minimum atomic E-state index is -0.932. The molecule has 0 aromatic heterocycles. The highest BCUT2D eigenvalue weighted by Gasteiger charge is 2.10. The summed E-state index contributed by atoms with van der Waals surface area (Å²) in [5.74, 6) is -2.42. The lowest BCUT2D eigenvalue weighted by Gasteiger charge is -2.09. The first-order valence-corrected chi connectivity index (χ1v) is 5.54. The molecule has 0 aliphatic rings. The fraction of sp³-hybridized carbons (Fsp3) is 0. The zero-order valence-corrected chi connectivity index (χ0v) is 10.1. The number of nitrogen functional groups attached to an aromatic ring is 1. The van der Waals surface area contributed by atoms with Gasteiger partial charge in [0.15, 0.2) is 0 Å². The fourth-order valence-corrected chi connectivity index (χ4v) is 1.50. The van der Waals surface area contributed by atoms with Crippen LogP contribution in [0.3, 0.4) is 0 Å². The number of hydrogen-bond donors (Lipinski definition) is 3. The Balaban J connectivity index is 2.09. The lowest BCUT2D eigenvalue weighted by Crippen LogP contribution is -2.20. The molecule has 0 saturated heterocycles. The molecule has 0 atom stereocenters. The largest absolute Gasteiger partial charge is 0.399 e. The number of anilines is 3. The normalized spacial score (nSPS) is 10.2. The molecular formula is C13H10F3N3O. The highest BCUT2D eigenvalue weighted by atomic mass is 19.1. The van der Waals surface area contributed by atoms with Crippen LogP contribution < -0.4 is 16.4 Å². The average molecular weight is 281 g/mol. The Morgan fingerprint density at radius 3 is 2.00 bits per heavy atom. The van der Waals surface area contributed by atoms with Gasteiger partial charge in [-0.3, -0.25) is 0 Å². The summed E-state index contributed by atoms with van der Waals surface area (Å²) in [6.45, 7) is 0. The number of urea groups is 1. The van der Waals surface area contributed by atoms with Crippen molar-refractivity contribution in [3.63, 3.8) is 0 Å². The van der Waals surface area contributed by atoms with Crippen molar-refractivity contribution >= 4 is 23.1 Å². The van der Waals surface area contributed by atoms with Crippen LogP contribution in [-0.4, -0.2) is 6.03 Å². The van der Waals surface area contributed by atoms with Gasteiger partial charge in [-0.2, -0.15) is 0 Å². The smallest absolute Gasteiger partial charge is 0.323 e. The molecule has 0 bridgehead atoms. The molecule has 0 unspecified atom stereocenters. The maximum atomic E-state index is 13.4. The Hall–Kier alpha value is -2.70. The van der Waals surface area contributed by atoms with Crippen molar-refractivity contribution in [2.45, 2.75) is 0 Å². The third-order valence-electron chi connectivity index (χ3n) is 2.42. The number of hydrogen-bond acceptors (Lipinski definition) is 2. The molecular weight excluding hydrogens is 271 g/mol. The molecule has 2 aromatic carbocycles. The number of amides is 2. The van der Waals surface area contributed by atoms with Gasteiger partial charge in [0.05, 0.1) is 11.4 Å². The van der Waals surface area contributed by atoms with E-state index in [4.69, 9.17) is 5.73 Å². The van der Waals surface area contributed by atoms with Crippen LogP contribution in [0, 0.1) is 17.5 Å². The van der Waals surface area contributed by atoms with E-state index >= 15 is 0 Å². The number of nitrogens with two attached hydrogens (primary N) is 1. The molecule has 2 aromatic rings. The van der Waals surface area contributed by atoms with Crippen LogP contribution in [0.1, 0.15) is 0 Å². The van der Waals surface area contributed by atoms with Crippen molar-refractivity contribution in [2.24, 2.45) is 0 Å². The van der Waals surface area contributed by atoms with Gasteiger partial charge in [0.25, 0.3) is 0 Å². The summed E-state index contributed by atoms with van der Waals surface area (Å²) in [5, 5.41) is 4.32. The van der Waals surface area contributed by atoms with E-state index in [1.165, 1.54) is 12.1 Å². The maximum Gasteiger partial charge on any atom is 0.323 e. The number of carbonyl (C=O) groups excluding carboxylic acids is 1. The molecule has 104 valence electrons. The first-order valence-electron chi connectivity index (χ1n) is 5.54. The molecule has 0 spiro atoms. The Morgan fingerprint density at radius 1 is 0.900 bits per heavy atom. The summed E-state index contributed by atoms with van der Waals surface area (Å²) in [5.41, 5.74) is 5.23. The van der Waals surface area contributed by atoms with Crippen molar-refractivity contribution in [1.82, 2.24) is 0 Å². The zero-order valence-electron chi connectivity index (χ0n) is 10.1. The number of nitrogens with one attached hydrogen (secondary N) is 2. The van der Waals surface area contributed by atoms with Crippen LogP contribution in [0.5, 0.6) is 0 Å². The molecule has 0 saturated carbocycles. The van der Waals surface area contributed by atoms with Gasteiger partial charge in [0.2, 0.25) is 0 Å². The average Bonchev–Trinajstić information content (AvgIpc) is 2.36. The second-order valence-corrected chi connectivity index (χ2v) is 3.94. The van der Waals surface area contributed by atoms with Crippen LogP contribution >= 0.6 is 0 Å². The molecule has 4 nitrogen and oxygen atoms in total. The predicted octanol–water partition coefficient (Wildman–Crippen LogP) is 3.33. The van der Waals surface area contributed by atoms with Crippen molar-refractivity contribution in [3.05, 3.63) is 53.8 Å². The number of carbonyl (C=O) groups is 1. The highest BCUT2D eigenvalue weighted by Crippen LogP contribution is 2.18.